The topological polar surface area (TPSA) is 67.4 Å². The van der Waals surface area contributed by atoms with E-state index in [2.05, 4.69) is 10.9 Å². The fourth-order valence-electron chi connectivity index (χ4n) is 1.30. The predicted molar refractivity (Wildman–Crippen MR) is 76.7 cm³/mol. The Balaban J connectivity index is 2.45. The lowest BCUT2D eigenvalue weighted by Crippen LogP contribution is -2.46. The van der Waals surface area contributed by atoms with Crippen LogP contribution in [0.5, 0.6) is 5.75 Å². The van der Waals surface area contributed by atoms with Gasteiger partial charge in [-0.1, -0.05) is 30.4 Å². The summed E-state index contributed by atoms with van der Waals surface area (Å²) in [6, 6.07) is 5.76. The van der Waals surface area contributed by atoms with Crippen molar-refractivity contribution in [3.8, 4) is 5.75 Å². The second kappa shape index (κ2) is 8.52. The zero-order valence-electron chi connectivity index (χ0n) is 11.8. The Morgan fingerprint density at radius 3 is 2.62 bits per heavy atom. The van der Waals surface area contributed by atoms with Crippen LogP contribution in [-0.4, -0.2) is 17.9 Å². The number of halogens is 1. The highest BCUT2D eigenvalue weighted by Gasteiger charge is 2.16. The zero-order chi connectivity index (χ0) is 15.7. The Morgan fingerprint density at radius 2 is 1.95 bits per heavy atom. The molecular weight excluding hydrogens is 275 g/mol. The Bertz CT molecular complexity index is 556. The molecule has 0 heterocycles. The van der Waals surface area contributed by atoms with E-state index in [1.165, 1.54) is 37.3 Å². The van der Waals surface area contributed by atoms with Crippen LogP contribution in [0.4, 0.5) is 4.39 Å². The van der Waals surface area contributed by atoms with E-state index in [9.17, 15) is 14.0 Å². The number of carbonyl (C=O) groups excluding carboxylic acids is 2. The summed E-state index contributed by atoms with van der Waals surface area (Å²) in [6.45, 7) is 3.26. The third-order valence-corrected chi connectivity index (χ3v) is 2.37. The summed E-state index contributed by atoms with van der Waals surface area (Å²) in [6.07, 6.45) is 5.25. The molecular formula is C15H17FN2O3. The van der Waals surface area contributed by atoms with E-state index in [1.54, 1.807) is 18.2 Å². The number of hydrogen-bond acceptors (Lipinski definition) is 3. The molecule has 0 aromatic heterocycles. The molecule has 0 bridgehead atoms. The molecule has 0 fully saturated rings. The van der Waals surface area contributed by atoms with Crippen LogP contribution in [0, 0.1) is 5.82 Å². The Labute approximate surface area is 122 Å². The van der Waals surface area contributed by atoms with Crippen LogP contribution in [-0.2, 0) is 9.59 Å². The smallest absolute Gasteiger partial charge is 0.279 e. The number of rotatable bonds is 5. The first-order chi connectivity index (χ1) is 10.0. The van der Waals surface area contributed by atoms with Gasteiger partial charge in [-0.2, -0.15) is 0 Å². The molecule has 2 N–H and O–H groups in total. The maximum Gasteiger partial charge on any atom is 0.279 e. The Hall–Kier alpha value is -2.63. The van der Waals surface area contributed by atoms with Gasteiger partial charge in [0.2, 0.25) is 0 Å². The van der Waals surface area contributed by atoms with Crippen molar-refractivity contribution < 1.29 is 18.7 Å². The number of nitrogens with one attached hydrogen (secondary N) is 2. The highest BCUT2D eigenvalue weighted by atomic mass is 19.1. The molecule has 112 valence electrons. The van der Waals surface area contributed by atoms with Gasteiger partial charge in [-0.15, -0.1) is 0 Å². The van der Waals surface area contributed by atoms with Crippen molar-refractivity contribution in [3.05, 3.63) is 54.4 Å². The molecule has 1 aromatic carbocycles. The normalized spacial score (nSPS) is 12.3. The number of amides is 2. The van der Waals surface area contributed by atoms with Gasteiger partial charge in [0.05, 0.1) is 0 Å². The Kier molecular flexibility index (Phi) is 6.67. The summed E-state index contributed by atoms with van der Waals surface area (Å²) in [7, 11) is 0. The third-order valence-electron chi connectivity index (χ3n) is 2.37. The molecule has 0 aliphatic rings. The lowest BCUT2D eigenvalue weighted by Gasteiger charge is -2.14. The minimum atomic E-state index is -0.957. The summed E-state index contributed by atoms with van der Waals surface area (Å²) in [5, 5.41) is 0. The molecule has 0 saturated heterocycles. The highest BCUT2D eigenvalue weighted by molar-refractivity contribution is 5.90. The lowest BCUT2D eigenvalue weighted by atomic mass is 10.3. The van der Waals surface area contributed by atoms with Gasteiger partial charge >= 0.3 is 0 Å². The average Bonchev–Trinajstić information content (AvgIpc) is 2.47. The second-order valence-corrected chi connectivity index (χ2v) is 4.05. The molecule has 21 heavy (non-hydrogen) atoms. The molecule has 6 heteroatoms. The summed E-state index contributed by atoms with van der Waals surface area (Å²) < 4.78 is 18.5. The molecule has 2 amide bonds. The number of para-hydroxylation sites is 1. The first-order valence-corrected chi connectivity index (χ1v) is 6.35. The number of carbonyl (C=O) groups is 2. The summed E-state index contributed by atoms with van der Waals surface area (Å²) in [5.41, 5.74) is 4.38. The van der Waals surface area contributed by atoms with Gasteiger partial charge in [-0.05, 0) is 26.0 Å². The van der Waals surface area contributed by atoms with Crippen LogP contribution in [0.15, 0.2) is 48.6 Å². The molecule has 0 saturated carbocycles. The van der Waals surface area contributed by atoms with Crippen LogP contribution in [0.2, 0.25) is 0 Å². The van der Waals surface area contributed by atoms with Gasteiger partial charge in [0, 0.05) is 6.08 Å². The van der Waals surface area contributed by atoms with E-state index in [1.807, 2.05) is 6.92 Å². The number of benzene rings is 1. The standard InChI is InChI=1S/C15H17FN2O3/c1-3-4-5-10-14(19)17-18-15(20)11(2)21-13-9-7-6-8-12(13)16/h3-11H,1-2H3,(H,17,19)(H,18,20)/b4-3+,10-5+/t11-/m0/s1. The van der Waals surface area contributed by atoms with E-state index in [-0.39, 0.29) is 5.75 Å². The number of hydrogen-bond donors (Lipinski definition) is 2. The van der Waals surface area contributed by atoms with Crippen molar-refractivity contribution in [1.29, 1.82) is 0 Å². The fraction of sp³-hybridized carbons (Fsp3) is 0.200. The van der Waals surface area contributed by atoms with Gasteiger partial charge in [-0.25, -0.2) is 4.39 Å². The van der Waals surface area contributed by atoms with Crippen LogP contribution in [0.25, 0.3) is 0 Å². The van der Waals surface area contributed by atoms with E-state index >= 15 is 0 Å². The van der Waals surface area contributed by atoms with Crippen LogP contribution in [0.1, 0.15) is 13.8 Å². The highest BCUT2D eigenvalue weighted by Crippen LogP contribution is 2.16. The third kappa shape index (κ3) is 5.90. The average molecular weight is 292 g/mol. The molecule has 1 rings (SSSR count). The Morgan fingerprint density at radius 1 is 1.24 bits per heavy atom. The van der Waals surface area contributed by atoms with Crippen LogP contribution < -0.4 is 15.6 Å². The lowest BCUT2D eigenvalue weighted by molar-refractivity contribution is -0.131. The van der Waals surface area contributed by atoms with Crippen molar-refractivity contribution in [3.63, 3.8) is 0 Å². The zero-order valence-corrected chi connectivity index (χ0v) is 11.8. The van der Waals surface area contributed by atoms with Crippen molar-refractivity contribution in [2.45, 2.75) is 20.0 Å². The summed E-state index contributed by atoms with van der Waals surface area (Å²) in [4.78, 5) is 23.0. The maximum absolute atomic E-state index is 13.4. The van der Waals surface area contributed by atoms with Crippen molar-refractivity contribution >= 4 is 11.8 Å². The maximum atomic E-state index is 13.4. The molecule has 0 aliphatic heterocycles. The molecule has 1 aromatic rings. The summed E-state index contributed by atoms with van der Waals surface area (Å²) in [5.74, 6) is -1.67. The molecule has 5 nitrogen and oxygen atoms in total. The number of ether oxygens (including phenoxy) is 1. The number of hydrazine groups is 1. The van der Waals surface area contributed by atoms with Crippen molar-refractivity contribution in [2.75, 3.05) is 0 Å². The fourth-order valence-corrected chi connectivity index (χ4v) is 1.30. The molecule has 0 spiro atoms. The first-order valence-electron chi connectivity index (χ1n) is 6.35. The van der Waals surface area contributed by atoms with Gasteiger partial charge in [0.1, 0.15) is 0 Å². The van der Waals surface area contributed by atoms with Crippen LogP contribution in [0.3, 0.4) is 0 Å². The van der Waals surface area contributed by atoms with Gasteiger partial charge in [-0.3, -0.25) is 20.4 Å². The number of allylic oxidation sites excluding steroid dienone is 3. The largest absolute Gasteiger partial charge is 0.478 e. The van der Waals surface area contributed by atoms with Gasteiger partial charge in [0.25, 0.3) is 11.8 Å². The van der Waals surface area contributed by atoms with E-state index in [0.29, 0.717) is 0 Å². The van der Waals surface area contributed by atoms with Gasteiger partial charge in [0.15, 0.2) is 17.7 Å². The molecule has 0 radical (unpaired) electrons. The molecule has 0 aliphatic carbocycles. The predicted octanol–water partition coefficient (Wildman–Crippen LogP) is 1.87. The minimum absolute atomic E-state index is 0.0283. The van der Waals surface area contributed by atoms with Gasteiger partial charge < -0.3 is 4.74 Å². The summed E-state index contributed by atoms with van der Waals surface area (Å²) >= 11 is 0. The monoisotopic (exact) mass is 292 g/mol. The van der Waals surface area contributed by atoms with Crippen molar-refractivity contribution in [2.24, 2.45) is 0 Å². The first kappa shape index (κ1) is 16.4. The second-order valence-electron chi connectivity index (χ2n) is 4.05. The molecule has 0 unspecified atom stereocenters. The molecule has 1 atom stereocenters. The van der Waals surface area contributed by atoms with E-state index in [4.69, 9.17) is 4.74 Å². The SMILES string of the molecule is C/C=C/C=C/C(=O)NNC(=O)[C@H](C)Oc1ccccc1F. The minimum Gasteiger partial charge on any atom is -0.478 e. The van der Waals surface area contributed by atoms with E-state index in [0.717, 1.165) is 0 Å². The quantitative estimate of drug-likeness (QED) is 0.494. The van der Waals surface area contributed by atoms with Crippen molar-refractivity contribution in [1.82, 2.24) is 10.9 Å². The van der Waals surface area contributed by atoms with Crippen LogP contribution >= 0.6 is 0 Å². The van der Waals surface area contributed by atoms with E-state index < -0.39 is 23.7 Å².